The van der Waals surface area contributed by atoms with Gasteiger partial charge in [-0.15, -0.1) is 0 Å². The first-order valence-electron chi connectivity index (χ1n) is 7.67. The maximum absolute atomic E-state index is 9.94. The Kier molecular flexibility index (Phi) is 8.89. The van der Waals surface area contributed by atoms with E-state index < -0.39 is 11.2 Å². The second-order valence-electron chi connectivity index (χ2n) is 6.39. The number of rotatable bonds is 11. The van der Waals surface area contributed by atoms with Crippen LogP contribution in [0.5, 0.6) is 0 Å². The summed E-state index contributed by atoms with van der Waals surface area (Å²) in [6.07, 6.45) is 10.5. The molecule has 0 rings (SSSR count). The fourth-order valence-corrected chi connectivity index (χ4v) is 1.74. The Morgan fingerprint density at radius 3 is 1.67 bits per heavy atom. The third kappa shape index (κ3) is 8.10. The molecule has 0 amide bonds. The van der Waals surface area contributed by atoms with Gasteiger partial charge in [0.1, 0.15) is 0 Å². The zero-order chi connectivity index (χ0) is 14.1. The average molecular weight is 258 g/mol. The van der Waals surface area contributed by atoms with Gasteiger partial charge >= 0.3 is 0 Å². The lowest BCUT2D eigenvalue weighted by Crippen LogP contribution is -2.47. The molecule has 0 spiro atoms. The minimum absolute atomic E-state index is 0.464. The Labute approximate surface area is 114 Å². The highest BCUT2D eigenvalue weighted by molar-refractivity contribution is 4.87. The molecular formula is C16H34O2. The fraction of sp³-hybridized carbons (Fsp3) is 1.00. The topological polar surface area (TPSA) is 29.5 Å². The highest BCUT2D eigenvalue weighted by atomic mass is 16.5. The lowest BCUT2D eigenvalue weighted by molar-refractivity contribution is -0.147. The molecule has 110 valence electrons. The predicted molar refractivity (Wildman–Crippen MR) is 78.9 cm³/mol. The molecule has 2 nitrogen and oxygen atoms in total. The molecule has 0 saturated heterocycles. The molecule has 0 fully saturated rings. The predicted octanol–water partition coefficient (Wildman–Crippen LogP) is 4.69. The third-order valence-electron chi connectivity index (χ3n) is 3.93. The van der Waals surface area contributed by atoms with E-state index >= 15 is 0 Å². The van der Waals surface area contributed by atoms with E-state index in [1.807, 2.05) is 13.8 Å². The van der Waals surface area contributed by atoms with Gasteiger partial charge in [0.2, 0.25) is 0 Å². The summed E-state index contributed by atoms with van der Waals surface area (Å²) in [5.41, 5.74) is -1.25. The molecule has 0 unspecified atom stereocenters. The van der Waals surface area contributed by atoms with E-state index in [-0.39, 0.29) is 0 Å². The SMILES string of the molecule is CCCCCCCCCCOC(C)(C)C(C)(C)O. The van der Waals surface area contributed by atoms with Gasteiger partial charge < -0.3 is 9.84 Å². The summed E-state index contributed by atoms with van der Waals surface area (Å²) in [5.74, 6) is 0. The smallest absolute Gasteiger partial charge is 0.0906 e. The molecule has 2 heteroatoms. The van der Waals surface area contributed by atoms with Gasteiger partial charge in [-0.05, 0) is 34.1 Å². The van der Waals surface area contributed by atoms with Gasteiger partial charge in [0.15, 0.2) is 0 Å². The summed E-state index contributed by atoms with van der Waals surface area (Å²) in [7, 11) is 0. The first kappa shape index (κ1) is 17.9. The zero-order valence-electron chi connectivity index (χ0n) is 13.2. The minimum Gasteiger partial charge on any atom is -0.387 e. The van der Waals surface area contributed by atoms with Gasteiger partial charge in [-0.25, -0.2) is 0 Å². The molecule has 0 heterocycles. The Morgan fingerprint density at radius 1 is 0.778 bits per heavy atom. The van der Waals surface area contributed by atoms with Gasteiger partial charge in [-0.3, -0.25) is 0 Å². The van der Waals surface area contributed by atoms with Crippen molar-refractivity contribution in [2.45, 2.75) is 97.2 Å². The normalized spacial score (nSPS) is 13.0. The van der Waals surface area contributed by atoms with Crippen LogP contribution in [0.25, 0.3) is 0 Å². The van der Waals surface area contributed by atoms with Crippen molar-refractivity contribution in [1.29, 1.82) is 0 Å². The Hall–Kier alpha value is -0.0800. The standard InChI is InChI=1S/C16H34O2/c1-6-7-8-9-10-11-12-13-14-18-16(4,5)15(2,3)17/h17H,6-14H2,1-5H3. The summed E-state index contributed by atoms with van der Waals surface area (Å²) in [6.45, 7) is 10.5. The number of unbranched alkanes of at least 4 members (excludes halogenated alkanes) is 7. The summed E-state index contributed by atoms with van der Waals surface area (Å²) >= 11 is 0. The van der Waals surface area contributed by atoms with Crippen LogP contribution in [0.2, 0.25) is 0 Å². The molecule has 1 N–H and O–H groups in total. The van der Waals surface area contributed by atoms with Crippen molar-refractivity contribution in [3.63, 3.8) is 0 Å². The van der Waals surface area contributed by atoms with Crippen LogP contribution >= 0.6 is 0 Å². The van der Waals surface area contributed by atoms with Crippen LogP contribution in [0.15, 0.2) is 0 Å². The molecule has 0 bridgehead atoms. The summed E-state index contributed by atoms with van der Waals surface area (Å²) in [4.78, 5) is 0. The second-order valence-corrected chi connectivity index (χ2v) is 6.39. The zero-order valence-corrected chi connectivity index (χ0v) is 13.2. The third-order valence-corrected chi connectivity index (χ3v) is 3.93. The lowest BCUT2D eigenvalue weighted by Gasteiger charge is -2.37. The average Bonchev–Trinajstić information content (AvgIpc) is 2.25. The molecule has 0 aromatic rings. The highest BCUT2D eigenvalue weighted by Crippen LogP contribution is 2.25. The van der Waals surface area contributed by atoms with Crippen LogP contribution in [0, 0.1) is 0 Å². The van der Waals surface area contributed by atoms with E-state index in [2.05, 4.69) is 6.92 Å². The molecule has 0 radical (unpaired) electrons. The van der Waals surface area contributed by atoms with Gasteiger partial charge in [0.05, 0.1) is 11.2 Å². The Morgan fingerprint density at radius 2 is 1.22 bits per heavy atom. The van der Waals surface area contributed by atoms with Crippen molar-refractivity contribution in [3.05, 3.63) is 0 Å². The van der Waals surface area contributed by atoms with E-state index in [1.54, 1.807) is 13.8 Å². The van der Waals surface area contributed by atoms with Crippen molar-refractivity contribution < 1.29 is 9.84 Å². The van der Waals surface area contributed by atoms with Crippen LogP contribution in [-0.2, 0) is 4.74 Å². The van der Waals surface area contributed by atoms with E-state index in [1.165, 1.54) is 44.9 Å². The number of hydrogen-bond acceptors (Lipinski definition) is 2. The number of aliphatic hydroxyl groups is 1. The van der Waals surface area contributed by atoms with Crippen molar-refractivity contribution in [2.75, 3.05) is 6.61 Å². The van der Waals surface area contributed by atoms with Gasteiger partial charge in [-0.1, -0.05) is 51.9 Å². The summed E-state index contributed by atoms with van der Waals surface area (Å²) in [6, 6.07) is 0. The fourth-order valence-electron chi connectivity index (χ4n) is 1.74. The summed E-state index contributed by atoms with van der Waals surface area (Å²) in [5, 5.41) is 9.94. The monoisotopic (exact) mass is 258 g/mol. The minimum atomic E-state index is -0.785. The van der Waals surface area contributed by atoms with Gasteiger partial charge in [0.25, 0.3) is 0 Å². The quantitative estimate of drug-likeness (QED) is 0.545. The highest BCUT2D eigenvalue weighted by Gasteiger charge is 2.35. The van der Waals surface area contributed by atoms with E-state index in [0.29, 0.717) is 0 Å². The van der Waals surface area contributed by atoms with E-state index in [0.717, 1.165) is 13.0 Å². The molecule has 0 aromatic carbocycles. The Bertz CT molecular complexity index is 192. The lowest BCUT2D eigenvalue weighted by atomic mass is 9.89. The molecular weight excluding hydrogens is 224 g/mol. The number of ether oxygens (including phenoxy) is 1. The van der Waals surface area contributed by atoms with Crippen molar-refractivity contribution in [1.82, 2.24) is 0 Å². The molecule has 0 aliphatic heterocycles. The number of hydrogen-bond donors (Lipinski definition) is 1. The van der Waals surface area contributed by atoms with Crippen LogP contribution < -0.4 is 0 Å². The van der Waals surface area contributed by atoms with Crippen molar-refractivity contribution in [3.8, 4) is 0 Å². The Balaban J connectivity index is 3.41. The molecule has 0 aromatic heterocycles. The summed E-state index contributed by atoms with van der Waals surface area (Å²) < 4.78 is 5.79. The second kappa shape index (κ2) is 8.92. The van der Waals surface area contributed by atoms with Crippen LogP contribution in [-0.4, -0.2) is 22.9 Å². The van der Waals surface area contributed by atoms with Crippen molar-refractivity contribution >= 4 is 0 Å². The van der Waals surface area contributed by atoms with Crippen LogP contribution in [0.1, 0.15) is 86.0 Å². The van der Waals surface area contributed by atoms with Gasteiger partial charge in [0, 0.05) is 6.61 Å². The van der Waals surface area contributed by atoms with E-state index in [9.17, 15) is 5.11 Å². The first-order valence-corrected chi connectivity index (χ1v) is 7.67. The van der Waals surface area contributed by atoms with Gasteiger partial charge in [-0.2, -0.15) is 0 Å². The van der Waals surface area contributed by atoms with E-state index in [4.69, 9.17) is 4.74 Å². The first-order chi connectivity index (χ1) is 8.31. The molecule has 0 aliphatic carbocycles. The van der Waals surface area contributed by atoms with Crippen LogP contribution in [0.4, 0.5) is 0 Å². The molecule has 0 saturated carbocycles. The molecule has 0 aliphatic rings. The largest absolute Gasteiger partial charge is 0.387 e. The molecule has 0 atom stereocenters. The molecule has 18 heavy (non-hydrogen) atoms. The van der Waals surface area contributed by atoms with Crippen molar-refractivity contribution in [2.24, 2.45) is 0 Å². The maximum atomic E-state index is 9.94. The maximum Gasteiger partial charge on any atom is 0.0906 e. The van der Waals surface area contributed by atoms with Crippen LogP contribution in [0.3, 0.4) is 0 Å².